The Morgan fingerprint density at radius 2 is 1.42 bits per heavy atom. The molecule has 0 aliphatic rings. The number of hydrogen-bond donors (Lipinski definition) is 4. The molecule has 2 aromatic rings. The molecule has 3 atom stereocenters. The number of hydrogen-bond acceptors (Lipinski definition) is 5. The third-order valence-corrected chi connectivity index (χ3v) is 5.06. The summed E-state index contributed by atoms with van der Waals surface area (Å²) < 4.78 is 5.17. The van der Waals surface area contributed by atoms with Gasteiger partial charge in [-0.3, -0.25) is 14.4 Å². The molecular formula is C24H29N3O6. The Balaban J connectivity index is 2.24. The van der Waals surface area contributed by atoms with Crippen molar-refractivity contribution in [1.82, 2.24) is 10.6 Å². The Morgan fingerprint density at radius 1 is 0.879 bits per heavy atom. The van der Waals surface area contributed by atoms with E-state index >= 15 is 0 Å². The molecule has 0 bridgehead atoms. The minimum Gasteiger partial charge on any atom is -0.481 e. The van der Waals surface area contributed by atoms with Crippen molar-refractivity contribution in [3.63, 3.8) is 0 Å². The molecule has 0 spiro atoms. The molecule has 2 aromatic carbocycles. The standard InChI is InChI=1S/C24H29N3O6/c1-15(2)19(21(25)28)26-22(29)20(18(23(30)31)13-16-9-5-3-6-10-16)27-24(32)33-14-17-11-7-4-8-12-17/h3-12,15,18-20H,13-14H2,1-2H3,(H2,25,28)(H,26,29)(H,27,32)(H,30,31)/t18?,19-,20+/m1/s1. The Morgan fingerprint density at radius 3 is 1.91 bits per heavy atom. The molecule has 0 aromatic heterocycles. The van der Waals surface area contributed by atoms with Crippen LogP contribution in [0.1, 0.15) is 25.0 Å². The number of nitrogens with one attached hydrogen (secondary N) is 2. The summed E-state index contributed by atoms with van der Waals surface area (Å²) in [7, 11) is 0. The number of amides is 3. The van der Waals surface area contributed by atoms with E-state index in [0.29, 0.717) is 5.56 Å². The smallest absolute Gasteiger partial charge is 0.408 e. The highest BCUT2D eigenvalue weighted by molar-refractivity contribution is 5.93. The number of alkyl carbamates (subject to hydrolysis) is 1. The highest BCUT2D eigenvalue weighted by Gasteiger charge is 2.37. The maximum atomic E-state index is 13.1. The fourth-order valence-corrected chi connectivity index (χ4v) is 3.27. The quantitative estimate of drug-likeness (QED) is 0.406. The second kappa shape index (κ2) is 12.2. The van der Waals surface area contributed by atoms with Crippen LogP contribution in [0.2, 0.25) is 0 Å². The number of carbonyl (C=O) groups excluding carboxylic acids is 3. The molecule has 3 amide bonds. The zero-order valence-corrected chi connectivity index (χ0v) is 18.6. The summed E-state index contributed by atoms with van der Waals surface area (Å²) in [6.07, 6.45) is -0.991. The molecule has 176 valence electrons. The third kappa shape index (κ3) is 7.95. The van der Waals surface area contributed by atoms with Gasteiger partial charge in [0.25, 0.3) is 0 Å². The van der Waals surface area contributed by atoms with Crippen LogP contribution >= 0.6 is 0 Å². The van der Waals surface area contributed by atoms with Gasteiger partial charge in [0, 0.05) is 0 Å². The van der Waals surface area contributed by atoms with E-state index < -0.39 is 41.9 Å². The minimum atomic E-state index is -1.51. The molecule has 2 rings (SSSR count). The van der Waals surface area contributed by atoms with Gasteiger partial charge in [0.1, 0.15) is 18.7 Å². The molecule has 0 fully saturated rings. The highest BCUT2D eigenvalue weighted by Crippen LogP contribution is 2.15. The van der Waals surface area contributed by atoms with Gasteiger partial charge >= 0.3 is 12.1 Å². The van der Waals surface area contributed by atoms with Crippen LogP contribution in [0.3, 0.4) is 0 Å². The number of ether oxygens (including phenoxy) is 1. The average molecular weight is 456 g/mol. The van der Waals surface area contributed by atoms with Gasteiger partial charge < -0.3 is 26.2 Å². The maximum absolute atomic E-state index is 13.1. The summed E-state index contributed by atoms with van der Waals surface area (Å²) >= 11 is 0. The fourth-order valence-electron chi connectivity index (χ4n) is 3.27. The number of nitrogens with two attached hydrogens (primary N) is 1. The van der Waals surface area contributed by atoms with Crippen LogP contribution < -0.4 is 16.4 Å². The normalized spacial score (nSPS) is 13.4. The maximum Gasteiger partial charge on any atom is 0.408 e. The van der Waals surface area contributed by atoms with Crippen molar-refractivity contribution in [2.45, 2.75) is 39.0 Å². The van der Waals surface area contributed by atoms with E-state index in [-0.39, 0.29) is 18.9 Å². The fraction of sp³-hybridized carbons (Fsp3) is 0.333. The van der Waals surface area contributed by atoms with E-state index in [1.165, 1.54) is 0 Å². The Hall–Kier alpha value is -3.88. The number of carboxylic acid groups (broad SMARTS) is 1. The average Bonchev–Trinajstić information content (AvgIpc) is 2.79. The van der Waals surface area contributed by atoms with Gasteiger partial charge in [0.15, 0.2) is 0 Å². The SMILES string of the molecule is CC(C)[C@@H](NC(=O)[C@@H](NC(=O)OCc1ccccc1)C(Cc1ccccc1)C(=O)O)C(N)=O. The minimum absolute atomic E-state index is 0.0316. The zero-order chi connectivity index (χ0) is 24.4. The molecule has 0 saturated carbocycles. The van der Waals surface area contributed by atoms with Crippen molar-refractivity contribution in [1.29, 1.82) is 0 Å². The van der Waals surface area contributed by atoms with Gasteiger partial charge in [-0.1, -0.05) is 74.5 Å². The zero-order valence-electron chi connectivity index (χ0n) is 18.6. The van der Waals surface area contributed by atoms with Crippen LogP contribution in [-0.2, 0) is 32.1 Å². The molecule has 0 heterocycles. The number of carboxylic acids is 1. The van der Waals surface area contributed by atoms with Crippen molar-refractivity contribution in [2.75, 3.05) is 0 Å². The lowest BCUT2D eigenvalue weighted by Gasteiger charge is -2.27. The second-order valence-corrected chi connectivity index (χ2v) is 7.95. The number of carbonyl (C=O) groups is 4. The number of aliphatic carboxylic acids is 1. The lowest BCUT2D eigenvalue weighted by molar-refractivity contribution is -0.145. The first-order valence-corrected chi connectivity index (χ1v) is 10.5. The Labute approximate surface area is 192 Å². The van der Waals surface area contributed by atoms with Gasteiger partial charge in [-0.15, -0.1) is 0 Å². The molecule has 9 heteroatoms. The van der Waals surface area contributed by atoms with Crippen LogP contribution in [0.25, 0.3) is 0 Å². The molecule has 0 radical (unpaired) electrons. The van der Waals surface area contributed by atoms with Crippen LogP contribution in [0, 0.1) is 11.8 Å². The summed E-state index contributed by atoms with van der Waals surface area (Å²) in [6, 6.07) is 15.1. The van der Waals surface area contributed by atoms with E-state index in [1.54, 1.807) is 68.4 Å². The van der Waals surface area contributed by atoms with Gasteiger partial charge in [0.2, 0.25) is 11.8 Å². The van der Waals surface area contributed by atoms with Crippen molar-refractivity contribution >= 4 is 23.9 Å². The summed E-state index contributed by atoms with van der Waals surface area (Å²) in [5.41, 5.74) is 6.76. The largest absolute Gasteiger partial charge is 0.481 e. The molecule has 33 heavy (non-hydrogen) atoms. The van der Waals surface area contributed by atoms with E-state index in [4.69, 9.17) is 10.5 Å². The molecule has 9 nitrogen and oxygen atoms in total. The predicted molar refractivity (Wildman–Crippen MR) is 121 cm³/mol. The van der Waals surface area contributed by atoms with Crippen LogP contribution in [0.15, 0.2) is 60.7 Å². The third-order valence-electron chi connectivity index (χ3n) is 5.06. The first-order chi connectivity index (χ1) is 15.7. The number of benzene rings is 2. The lowest BCUT2D eigenvalue weighted by atomic mass is 9.91. The van der Waals surface area contributed by atoms with E-state index in [0.717, 1.165) is 5.56 Å². The van der Waals surface area contributed by atoms with Gasteiger partial charge in [-0.05, 0) is 23.5 Å². The highest BCUT2D eigenvalue weighted by atomic mass is 16.5. The first-order valence-electron chi connectivity index (χ1n) is 10.5. The van der Waals surface area contributed by atoms with Gasteiger partial charge in [-0.25, -0.2) is 4.79 Å². The number of primary amides is 1. The van der Waals surface area contributed by atoms with E-state index in [9.17, 15) is 24.3 Å². The lowest BCUT2D eigenvalue weighted by Crippen LogP contribution is -2.58. The number of rotatable bonds is 11. The van der Waals surface area contributed by atoms with Gasteiger partial charge in [0.05, 0.1) is 5.92 Å². The Kier molecular flexibility index (Phi) is 9.41. The molecule has 5 N–H and O–H groups in total. The van der Waals surface area contributed by atoms with Crippen molar-refractivity contribution in [3.8, 4) is 0 Å². The molecule has 1 unspecified atom stereocenters. The molecule has 0 aliphatic heterocycles. The van der Waals surface area contributed by atoms with Crippen molar-refractivity contribution in [3.05, 3.63) is 71.8 Å². The van der Waals surface area contributed by atoms with Crippen LogP contribution in [0.4, 0.5) is 4.79 Å². The summed E-state index contributed by atoms with van der Waals surface area (Å²) in [4.78, 5) is 49.4. The predicted octanol–water partition coefficient (Wildman–Crippen LogP) is 1.85. The van der Waals surface area contributed by atoms with Crippen molar-refractivity contribution in [2.24, 2.45) is 17.6 Å². The summed E-state index contributed by atoms with van der Waals surface area (Å²) in [5.74, 6) is -4.55. The van der Waals surface area contributed by atoms with Crippen molar-refractivity contribution < 1.29 is 29.0 Å². The monoisotopic (exact) mass is 455 g/mol. The molecular weight excluding hydrogens is 426 g/mol. The van der Waals surface area contributed by atoms with Crippen LogP contribution in [-0.4, -0.2) is 41.1 Å². The van der Waals surface area contributed by atoms with Gasteiger partial charge in [-0.2, -0.15) is 0 Å². The summed E-state index contributed by atoms with van der Waals surface area (Å²) in [6.45, 7) is 3.31. The van der Waals surface area contributed by atoms with E-state index in [2.05, 4.69) is 10.6 Å². The van der Waals surface area contributed by atoms with Crippen LogP contribution in [0.5, 0.6) is 0 Å². The molecule has 0 saturated heterocycles. The topological polar surface area (TPSA) is 148 Å². The first kappa shape index (κ1) is 25.4. The Bertz CT molecular complexity index is 949. The molecule has 0 aliphatic carbocycles. The van der Waals surface area contributed by atoms with E-state index in [1.807, 2.05) is 6.07 Å². The summed E-state index contributed by atoms with van der Waals surface area (Å²) in [5, 5.41) is 14.7. The second-order valence-electron chi connectivity index (χ2n) is 7.95.